The number of benzene rings is 2. The number of nitrogens with zero attached hydrogens (tertiary/aromatic N) is 2. The van der Waals surface area contributed by atoms with Gasteiger partial charge in [-0.3, -0.25) is 9.59 Å². The Morgan fingerprint density at radius 3 is 2.44 bits per heavy atom. The number of carbonyl (C=O) groups excluding carboxylic acids is 2. The predicted molar refractivity (Wildman–Crippen MR) is 105 cm³/mol. The Labute approximate surface area is 160 Å². The van der Waals surface area contributed by atoms with E-state index in [0.717, 1.165) is 50.0 Å². The van der Waals surface area contributed by atoms with Crippen molar-refractivity contribution < 1.29 is 9.59 Å². The first-order chi connectivity index (χ1) is 13.2. The van der Waals surface area contributed by atoms with E-state index in [0.29, 0.717) is 18.9 Å². The number of hydrogen-bond acceptors (Lipinski definition) is 2. The largest absolute Gasteiger partial charge is 0.339 e. The normalized spacial score (nSPS) is 18.1. The molecule has 0 spiro atoms. The zero-order valence-corrected chi connectivity index (χ0v) is 15.6. The van der Waals surface area contributed by atoms with Crippen LogP contribution < -0.4 is 0 Å². The third-order valence-electron chi connectivity index (χ3n) is 5.77. The van der Waals surface area contributed by atoms with Crippen molar-refractivity contribution in [1.29, 1.82) is 0 Å². The zero-order valence-electron chi connectivity index (χ0n) is 15.6. The highest BCUT2D eigenvalue weighted by Gasteiger charge is 2.25. The SMILES string of the molecule is O=C1CCCN1Cc1cccc(C(=O)N2CCC(c3ccccc3)CC2)c1. The van der Waals surface area contributed by atoms with Crippen LogP contribution in [-0.2, 0) is 11.3 Å². The minimum absolute atomic E-state index is 0.108. The summed E-state index contributed by atoms with van der Waals surface area (Å²) in [7, 11) is 0. The smallest absolute Gasteiger partial charge is 0.253 e. The van der Waals surface area contributed by atoms with Crippen molar-refractivity contribution in [1.82, 2.24) is 9.80 Å². The Kier molecular flexibility index (Phi) is 5.23. The van der Waals surface area contributed by atoms with Crippen LogP contribution in [0.3, 0.4) is 0 Å². The van der Waals surface area contributed by atoms with Gasteiger partial charge >= 0.3 is 0 Å². The number of amides is 2. The second-order valence-electron chi connectivity index (χ2n) is 7.60. The van der Waals surface area contributed by atoms with Crippen molar-refractivity contribution in [2.24, 2.45) is 0 Å². The molecule has 0 atom stereocenters. The van der Waals surface area contributed by atoms with Gasteiger partial charge in [-0.2, -0.15) is 0 Å². The molecule has 2 aromatic rings. The maximum absolute atomic E-state index is 12.9. The van der Waals surface area contributed by atoms with E-state index in [9.17, 15) is 9.59 Å². The van der Waals surface area contributed by atoms with Gasteiger partial charge in [0.2, 0.25) is 5.91 Å². The Balaban J connectivity index is 1.38. The zero-order chi connectivity index (χ0) is 18.6. The summed E-state index contributed by atoms with van der Waals surface area (Å²) in [4.78, 5) is 28.6. The van der Waals surface area contributed by atoms with Crippen LogP contribution in [0.4, 0.5) is 0 Å². The molecule has 140 valence electrons. The van der Waals surface area contributed by atoms with Gasteiger partial charge in [0.15, 0.2) is 0 Å². The van der Waals surface area contributed by atoms with Crippen LogP contribution in [0.1, 0.15) is 53.1 Å². The van der Waals surface area contributed by atoms with E-state index in [-0.39, 0.29) is 11.8 Å². The van der Waals surface area contributed by atoms with E-state index in [4.69, 9.17) is 0 Å². The third kappa shape index (κ3) is 4.05. The van der Waals surface area contributed by atoms with Crippen molar-refractivity contribution in [3.05, 3.63) is 71.3 Å². The summed E-state index contributed by atoms with van der Waals surface area (Å²) in [5.74, 6) is 0.869. The quantitative estimate of drug-likeness (QED) is 0.829. The topological polar surface area (TPSA) is 40.6 Å². The van der Waals surface area contributed by atoms with Gasteiger partial charge in [0.1, 0.15) is 0 Å². The fourth-order valence-electron chi connectivity index (χ4n) is 4.22. The number of piperidine rings is 1. The Morgan fingerprint density at radius 2 is 1.74 bits per heavy atom. The van der Waals surface area contributed by atoms with Crippen molar-refractivity contribution in [2.45, 2.75) is 38.1 Å². The van der Waals surface area contributed by atoms with Gasteiger partial charge in [-0.25, -0.2) is 0 Å². The van der Waals surface area contributed by atoms with Gasteiger partial charge in [-0.15, -0.1) is 0 Å². The average molecular weight is 362 g/mol. The highest BCUT2D eigenvalue weighted by molar-refractivity contribution is 5.94. The molecule has 0 aliphatic carbocycles. The average Bonchev–Trinajstić information content (AvgIpc) is 3.13. The molecule has 4 heteroatoms. The van der Waals surface area contributed by atoms with Crippen LogP contribution >= 0.6 is 0 Å². The van der Waals surface area contributed by atoms with Gasteiger partial charge in [-0.1, -0.05) is 42.5 Å². The summed E-state index contributed by atoms with van der Waals surface area (Å²) in [5, 5.41) is 0. The molecule has 0 N–H and O–H groups in total. The summed E-state index contributed by atoms with van der Waals surface area (Å²) in [6, 6.07) is 18.4. The summed E-state index contributed by atoms with van der Waals surface area (Å²) in [6.45, 7) is 3.03. The third-order valence-corrected chi connectivity index (χ3v) is 5.77. The number of hydrogen-bond donors (Lipinski definition) is 0. The van der Waals surface area contributed by atoms with Crippen LogP contribution in [0, 0.1) is 0 Å². The lowest BCUT2D eigenvalue weighted by Gasteiger charge is -2.32. The molecule has 0 radical (unpaired) electrons. The van der Waals surface area contributed by atoms with E-state index in [1.165, 1.54) is 5.56 Å². The molecule has 2 saturated heterocycles. The van der Waals surface area contributed by atoms with Crippen molar-refractivity contribution in [2.75, 3.05) is 19.6 Å². The first kappa shape index (κ1) is 17.8. The lowest BCUT2D eigenvalue weighted by molar-refractivity contribution is -0.128. The molecule has 0 unspecified atom stereocenters. The molecule has 0 saturated carbocycles. The molecule has 2 heterocycles. The first-order valence-corrected chi connectivity index (χ1v) is 9.91. The molecule has 0 aromatic heterocycles. The lowest BCUT2D eigenvalue weighted by Crippen LogP contribution is -2.38. The molecule has 2 aliphatic rings. The minimum atomic E-state index is 0.108. The van der Waals surface area contributed by atoms with E-state index >= 15 is 0 Å². The molecule has 0 bridgehead atoms. The fourth-order valence-corrected chi connectivity index (χ4v) is 4.22. The fraction of sp³-hybridized carbons (Fsp3) is 0.391. The highest BCUT2D eigenvalue weighted by atomic mass is 16.2. The molecule has 4 rings (SSSR count). The van der Waals surface area contributed by atoms with Crippen LogP contribution in [-0.4, -0.2) is 41.2 Å². The second kappa shape index (κ2) is 7.95. The molecular formula is C23H26N2O2. The number of carbonyl (C=O) groups is 2. The standard InChI is InChI=1S/C23H26N2O2/c26-22-10-5-13-25(22)17-18-6-4-9-21(16-18)23(27)24-14-11-20(12-15-24)19-7-2-1-3-8-19/h1-4,6-9,16,20H,5,10-15,17H2. The van der Waals surface area contributed by atoms with E-state index in [1.807, 2.05) is 40.1 Å². The molecule has 2 amide bonds. The lowest BCUT2D eigenvalue weighted by atomic mass is 9.89. The van der Waals surface area contributed by atoms with E-state index < -0.39 is 0 Å². The van der Waals surface area contributed by atoms with Crippen LogP contribution in [0.25, 0.3) is 0 Å². The molecule has 27 heavy (non-hydrogen) atoms. The molecule has 2 aliphatic heterocycles. The monoisotopic (exact) mass is 362 g/mol. The highest BCUT2D eigenvalue weighted by Crippen LogP contribution is 2.28. The minimum Gasteiger partial charge on any atom is -0.339 e. The van der Waals surface area contributed by atoms with Crippen LogP contribution in [0.15, 0.2) is 54.6 Å². The van der Waals surface area contributed by atoms with Crippen LogP contribution in [0.2, 0.25) is 0 Å². The predicted octanol–water partition coefficient (Wildman–Crippen LogP) is 3.83. The summed E-state index contributed by atoms with van der Waals surface area (Å²) >= 11 is 0. The van der Waals surface area contributed by atoms with Crippen molar-refractivity contribution in [3.8, 4) is 0 Å². The Hall–Kier alpha value is -2.62. The van der Waals surface area contributed by atoms with Crippen molar-refractivity contribution >= 4 is 11.8 Å². The molecule has 2 aromatic carbocycles. The van der Waals surface area contributed by atoms with E-state index in [1.54, 1.807) is 0 Å². The van der Waals surface area contributed by atoms with E-state index in [2.05, 4.69) is 24.3 Å². The number of likely N-dealkylation sites (tertiary alicyclic amines) is 2. The first-order valence-electron chi connectivity index (χ1n) is 9.91. The van der Waals surface area contributed by atoms with Gasteiger partial charge in [0.05, 0.1) is 0 Å². The Morgan fingerprint density at radius 1 is 0.963 bits per heavy atom. The summed E-state index contributed by atoms with van der Waals surface area (Å²) in [6.07, 6.45) is 3.61. The van der Waals surface area contributed by atoms with Gasteiger partial charge in [0, 0.05) is 38.2 Å². The van der Waals surface area contributed by atoms with Crippen molar-refractivity contribution in [3.63, 3.8) is 0 Å². The summed E-state index contributed by atoms with van der Waals surface area (Å²) < 4.78 is 0. The maximum atomic E-state index is 12.9. The van der Waals surface area contributed by atoms with Gasteiger partial charge in [-0.05, 0) is 48.4 Å². The molecule has 4 nitrogen and oxygen atoms in total. The second-order valence-corrected chi connectivity index (χ2v) is 7.60. The summed E-state index contributed by atoms with van der Waals surface area (Å²) in [5.41, 5.74) is 3.15. The van der Waals surface area contributed by atoms with Crippen LogP contribution in [0.5, 0.6) is 0 Å². The maximum Gasteiger partial charge on any atom is 0.253 e. The molecule has 2 fully saturated rings. The van der Waals surface area contributed by atoms with Gasteiger partial charge < -0.3 is 9.80 Å². The number of rotatable bonds is 4. The molecular weight excluding hydrogens is 336 g/mol. The van der Waals surface area contributed by atoms with Gasteiger partial charge in [0.25, 0.3) is 5.91 Å². The Bertz CT molecular complexity index is 810.